The van der Waals surface area contributed by atoms with Crippen LogP contribution < -0.4 is 5.32 Å². The summed E-state index contributed by atoms with van der Waals surface area (Å²) in [5.41, 5.74) is -0.164. The molecule has 1 heterocycles. The van der Waals surface area contributed by atoms with Gasteiger partial charge in [0.1, 0.15) is 17.3 Å². The first kappa shape index (κ1) is 17.6. The summed E-state index contributed by atoms with van der Waals surface area (Å²) in [6, 6.07) is 0.944. The molecule has 1 aromatic heterocycles. The van der Waals surface area contributed by atoms with Crippen LogP contribution in [-0.4, -0.2) is 28.1 Å². The van der Waals surface area contributed by atoms with Gasteiger partial charge in [0.25, 0.3) is 5.91 Å². The van der Waals surface area contributed by atoms with Crippen molar-refractivity contribution in [3.63, 3.8) is 0 Å². The van der Waals surface area contributed by atoms with E-state index in [-0.39, 0.29) is 11.9 Å². The Labute approximate surface area is 130 Å². The molecule has 1 rings (SSSR count). The monoisotopic (exact) mass is 314 g/mol. The minimum atomic E-state index is -0.731. The van der Waals surface area contributed by atoms with Gasteiger partial charge in [-0.05, 0) is 47.6 Å². The molecule has 0 aliphatic rings. The van der Waals surface area contributed by atoms with Crippen LogP contribution in [0.3, 0.4) is 0 Å². The molecule has 0 fully saturated rings. The Morgan fingerprint density at radius 1 is 1.29 bits per heavy atom. The van der Waals surface area contributed by atoms with E-state index in [1.54, 1.807) is 44.5 Å². The molecule has 0 aliphatic carbocycles. The van der Waals surface area contributed by atoms with Gasteiger partial charge in [0.2, 0.25) is 0 Å². The summed E-state index contributed by atoms with van der Waals surface area (Å²) in [5.74, 6) is -0.821. The lowest BCUT2D eigenvalue weighted by molar-refractivity contribution is -0.156. The van der Waals surface area contributed by atoms with Crippen molar-refractivity contribution in [1.82, 2.24) is 9.88 Å². The number of hydrogen-bond acceptors (Lipinski definition) is 3. The summed E-state index contributed by atoms with van der Waals surface area (Å²) >= 11 is 5.95. The fourth-order valence-electron chi connectivity index (χ4n) is 1.77. The van der Waals surface area contributed by atoms with Crippen LogP contribution in [0.5, 0.6) is 0 Å². The Hall–Kier alpha value is -1.49. The van der Waals surface area contributed by atoms with Gasteiger partial charge in [-0.2, -0.15) is 0 Å². The van der Waals surface area contributed by atoms with Crippen LogP contribution >= 0.6 is 11.6 Å². The molecule has 1 atom stereocenters. The molecule has 0 bridgehead atoms. The SMILES string of the molecule is CC(C)n1cc(Cl)cc1C(=O)N[C@@H](C)C(=O)OC(C)(C)C. The van der Waals surface area contributed by atoms with Gasteiger partial charge in [0, 0.05) is 12.2 Å². The highest BCUT2D eigenvalue weighted by molar-refractivity contribution is 6.31. The molecule has 0 saturated heterocycles. The predicted octanol–water partition coefficient (Wildman–Crippen LogP) is 3.18. The maximum absolute atomic E-state index is 12.3. The summed E-state index contributed by atoms with van der Waals surface area (Å²) in [7, 11) is 0. The van der Waals surface area contributed by atoms with Gasteiger partial charge in [0.05, 0.1) is 5.02 Å². The summed E-state index contributed by atoms with van der Waals surface area (Å²) < 4.78 is 7.00. The highest BCUT2D eigenvalue weighted by Gasteiger charge is 2.24. The lowest BCUT2D eigenvalue weighted by Gasteiger charge is -2.23. The summed E-state index contributed by atoms with van der Waals surface area (Å²) in [6.07, 6.45) is 1.69. The number of carbonyl (C=O) groups excluding carboxylic acids is 2. The minimum Gasteiger partial charge on any atom is -0.458 e. The maximum atomic E-state index is 12.3. The van der Waals surface area contributed by atoms with Crippen molar-refractivity contribution in [3.8, 4) is 0 Å². The van der Waals surface area contributed by atoms with E-state index in [1.807, 2.05) is 13.8 Å². The van der Waals surface area contributed by atoms with Crippen molar-refractivity contribution in [2.75, 3.05) is 0 Å². The van der Waals surface area contributed by atoms with E-state index in [1.165, 1.54) is 0 Å². The van der Waals surface area contributed by atoms with Crippen LogP contribution in [0.2, 0.25) is 5.02 Å². The lowest BCUT2D eigenvalue weighted by Crippen LogP contribution is -2.42. The maximum Gasteiger partial charge on any atom is 0.328 e. The van der Waals surface area contributed by atoms with Crippen LogP contribution in [0.25, 0.3) is 0 Å². The summed E-state index contributed by atoms with van der Waals surface area (Å²) in [6.45, 7) is 10.8. The average Bonchev–Trinajstić information content (AvgIpc) is 2.69. The number of halogens is 1. The molecule has 0 aliphatic heterocycles. The van der Waals surface area contributed by atoms with Crippen LogP contribution in [0, 0.1) is 0 Å². The van der Waals surface area contributed by atoms with Crippen LogP contribution in [0.15, 0.2) is 12.3 Å². The molecule has 5 nitrogen and oxygen atoms in total. The van der Waals surface area contributed by atoms with E-state index in [4.69, 9.17) is 16.3 Å². The van der Waals surface area contributed by atoms with Crippen molar-refractivity contribution in [3.05, 3.63) is 23.0 Å². The number of hydrogen-bond donors (Lipinski definition) is 1. The number of esters is 1. The molecule has 1 N–H and O–H groups in total. The third-order valence-corrected chi connectivity index (χ3v) is 2.92. The van der Waals surface area contributed by atoms with Crippen molar-refractivity contribution >= 4 is 23.5 Å². The minimum absolute atomic E-state index is 0.0927. The quantitative estimate of drug-likeness (QED) is 0.868. The van der Waals surface area contributed by atoms with Gasteiger partial charge >= 0.3 is 5.97 Å². The van der Waals surface area contributed by atoms with Crippen LogP contribution in [0.4, 0.5) is 0 Å². The molecule has 6 heteroatoms. The molecule has 1 amide bonds. The van der Waals surface area contributed by atoms with Crippen molar-refractivity contribution in [2.45, 2.75) is 59.2 Å². The second kappa shape index (κ2) is 6.52. The second-order valence-electron chi connectivity index (χ2n) is 6.27. The first-order chi connectivity index (χ1) is 9.51. The van der Waals surface area contributed by atoms with Crippen LogP contribution in [-0.2, 0) is 9.53 Å². The van der Waals surface area contributed by atoms with E-state index < -0.39 is 17.6 Å². The largest absolute Gasteiger partial charge is 0.458 e. The van der Waals surface area contributed by atoms with Gasteiger partial charge in [-0.15, -0.1) is 0 Å². The smallest absolute Gasteiger partial charge is 0.328 e. The normalized spacial score (nSPS) is 13.1. The Bertz CT molecular complexity index is 530. The zero-order valence-electron chi connectivity index (χ0n) is 13.4. The summed E-state index contributed by atoms with van der Waals surface area (Å²) in [5, 5.41) is 3.12. The number of ether oxygens (including phenoxy) is 1. The number of nitrogens with zero attached hydrogens (tertiary/aromatic N) is 1. The molecule has 21 heavy (non-hydrogen) atoms. The fraction of sp³-hybridized carbons (Fsp3) is 0.600. The molecular formula is C15H23ClN2O3. The number of aromatic nitrogens is 1. The van der Waals surface area contributed by atoms with Gasteiger partial charge < -0.3 is 14.6 Å². The van der Waals surface area contributed by atoms with E-state index in [9.17, 15) is 9.59 Å². The number of nitrogens with one attached hydrogen (secondary N) is 1. The molecular weight excluding hydrogens is 292 g/mol. The molecule has 0 spiro atoms. The van der Waals surface area contributed by atoms with E-state index in [0.717, 1.165) is 0 Å². The average molecular weight is 315 g/mol. The van der Waals surface area contributed by atoms with Crippen molar-refractivity contribution in [2.24, 2.45) is 0 Å². The van der Waals surface area contributed by atoms with E-state index >= 15 is 0 Å². The highest BCUT2D eigenvalue weighted by Crippen LogP contribution is 2.19. The fourth-order valence-corrected chi connectivity index (χ4v) is 1.98. The molecule has 1 aromatic rings. The zero-order chi connectivity index (χ0) is 16.4. The molecule has 0 unspecified atom stereocenters. The van der Waals surface area contributed by atoms with Gasteiger partial charge in [-0.1, -0.05) is 11.6 Å². The second-order valence-corrected chi connectivity index (χ2v) is 6.71. The summed E-state index contributed by atoms with van der Waals surface area (Å²) in [4.78, 5) is 24.1. The van der Waals surface area contributed by atoms with E-state index in [2.05, 4.69) is 5.32 Å². The van der Waals surface area contributed by atoms with Gasteiger partial charge in [-0.3, -0.25) is 4.79 Å². The first-order valence-electron chi connectivity index (χ1n) is 6.92. The highest BCUT2D eigenvalue weighted by atomic mass is 35.5. The third kappa shape index (κ3) is 5.08. The molecule has 0 aromatic carbocycles. The predicted molar refractivity (Wildman–Crippen MR) is 82.6 cm³/mol. The standard InChI is InChI=1S/C15H23ClN2O3/c1-9(2)18-8-11(16)7-12(18)13(19)17-10(3)14(20)21-15(4,5)6/h7-10H,1-6H3,(H,17,19)/t10-/m0/s1. The molecule has 0 radical (unpaired) electrons. The Morgan fingerprint density at radius 2 is 1.86 bits per heavy atom. The van der Waals surface area contributed by atoms with Gasteiger partial charge in [-0.25, -0.2) is 4.79 Å². The first-order valence-corrected chi connectivity index (χ1v) is 7.30. The topological polar surface area (TPSA) is 60.3 Å². The third-order valence-electron chi connectivity index (χ3n) is 2.71. The Balaban J connectivity index is 2.80. The van der Waals surface area contributed by atoms with Crippen LogP contribution in [0.1, 0.15) is 58.1 Å². The lowest BCUT2D eigenvalue weighted by atomic mass is 10.2. The molecule has 118 valence electrons. The number of carbonyl (C=O) groups is 2. The van der Waals surface area contributed by atoms with E-state index in [0.29, 0.717) is 10.7 Å². The van der Waals surface area contributed by atoms with Crippen molar-refractivity contribution < 1.29 is 14.3 Å². The van der Waals surface area contributed by atoms with Crippen molar-refractivity contribution in [1.29, 1.82) is 0 Å². The number of rotatable bonds is 4. The molecule has 0 saturated carbocycles. The zero-order valence-corrected chi connectivity index (χ0v) is 14.1. The Kier molecular flexibility index (Phi) is 5.45. The Morgan fingerprint density at radius 3 is 2.33 bits per heavy atom. The van der Waals surface area contributed by atoms with Gasteiger partial charge in [0.15, 0.2) is 0 Å². The number of amides is 1.